The molecule has 0 aliphatic rings. The molecule has 0 spiro atoms. The van der Waals surface area contributed by atoms with E-state index in [9.17, 15) is 0 Å². The van der Waals surface area contributed by atoms with Gasteiger partial charge in [-0.25, -0.2) is 0 Å². The summed E-state index contributed by atoms with van der Waals surface area (Å²) < 4.78 is 6.46. The summed E-state index contributed by atoms with van der Waals surface area (Å²) in [7, 11) is 0. The first-order valence-electron chi connectivity index (χ1n) is 5.21. The van der Waals surface area contributed by atoms with Crippen LogP contribution in [0.3, 0.4) is 0 Å². The zero-order chi connectivity index (χ0) is 11.1. The van der Waals surface area contributed by atoms with E-state index in [1.165, 1.54) is 0 Å². The molecule has 0 aliphatic carbocycles. The number of likely N-dealkylation sites (N-methyl/N-ethyl adjacent to an activating group) is 1. The molecule has 1 aromatic heterocycles. The minimum Gasteiger partial charge on any atom is -0.380 e. The molecular weight excluding hydrogens is 256 g/mol. The van der Waals surface area contributed by atoms with Crippen LogP contribution in [-0.2, 0) is 4.74 Å². The zero-order valence-corrected chi connectivity index (χ0v) is 10.8. The average Bonchev–Trinajstić information content (AvgIpc) is 2.25. The van der Waals surface area contributed by atoms with Crippen LogP contribution in [0.1, 0.15) is 25.6 Å². The van der Waals surface area contributed by atoms with E-state index < -0.39 is 0 Å². The maximum atomic E-state index is 5.43. The van der Waals surface area contributed by atoms with Crippen LogP contribution >= 0.6 is 15.9 Å². The molecule has 4 heteroatoms. The Balaban J connectivity index is 2.74. The fourth-order valence-electron chi connectivity index (χ4n) is 1.37. The zero-order valence-electron chi connectivity index (χ0n) is 9.16. The Bertz CT molecular complexity index is 294. The highest BCUT2D eigenvalue weighted by Crippen LogP contribution is 2.20. The Morgan fingerprint density at radius 3 is 2.93 bits per heavy atom. The second kappa shape index (κ2) is 6.93. The Morgan fingerprint density at radius 1 is 1.53 bits per heavy atom. The van der Waals surface area contributed by atoms with E-state index in [0.29, 0.717) is 6.61 Å². The van der Waals surface area contributed by atoms with Crippen LogP contribution in [0.2, 0.25) is 0 Å². The number of hydrogen-bond donors (Lipinski definition) is 1. The fraction of sp³-hybridized carbons (Fsp3) is 0.545. The van der Waals surface area contributed by atoms with Gasteiger partial charge >= 0.3 is 0 Å². The number of nitrogens with zero attached hydrogens (tertiary/aromatic N) is 1. The quantitative estimate of drug-likeness (QED) is 0.864. The number of ether oxygens (including phenoxy) is 1. The first kappa shape index (κ1) is 12.6. The van der Waals surface area contributed by atoms with Crippen molar-refractivity contribution in [2.24, 2.45) is 0 Å². The molecule has 0 saturated heterocycles. The van der Waals surface area contributed by atoms with E-state index in [4.69, 9.17) is 4.74 Å². The Hall–Kier alpha value is -0.450. The molecular formula is C11H17BrN2O. The molecule has 1 N–H and O–H groups in total. The summed E-state index contributed by atoms with van der Waals surface area (Å²) in [6.45, 7) is 6.36. The van der Waals surface area contributed by atoms with Gasteiger partial charge in [-0.3, -0.25) is 4.98 Å². The Morgan fingerprint density at radius 2 is 2.33 bits per heavy atom. The van der Waals surface area contributed by atoms with Gasteiger partial charge in [0.25, 0.3) is 0 Å². The molecule has 84 valence electrons. The van der Waals surface area contributed by atoms with E-state index in [0.717, 1.165) is 23.3 Å². The SMILES string of the molecule is CCNC(COCC)c1ncccc1Br. The van der Waals surface area contributed by atoms with Gasteiger partial charge in [0.15, 0.2) is 0 Å². The van der Waals surface area contributed by atoms with Crippen LogP contribution in [0.25, 0.3) is 0 Å². The molecule has 0 saturated carbocycles. The van der Waals surface area contributed by atoms with E-state index in [1.54, 1.807) is 6.20 Å². The lowest BCUT2D eigenvalue weighted by atomic mass is 10.2. The molecule has 0 radical (unpaired) electrons. The molecule has 15 heavy (non-hydrogen) atoms. The minimum absolute atomic E-state index is 0.158. The fourth-order valence-corrected chi connectivity index (χ4v) is 1.90. The number of halogens is 1. The Labute approximate surface area is 99.4 Å². The first-order valence-corrected chi connectivity index (χ1v) is 6.00. The van der Waals surface area contributed by atoms with E-state index >= 15 is 0 Å². The van der Waals surface area contributed by atoms with Gasteiger partial charge in [-0.2, -0.15) is 0 Å². The highest BCUT2D eigenvalue weighted by Gasteiger charge is 2.14. The number of pyridine rings is 1. The lowest BCUT2D eigenvalue weighted by molar-refractivity contribution is 0.122. The number of aromatic nitrogens is 1. The highest BCUT2D eigenvalue weighted by molar-refractivity contribution is 9.10. The minimum atomic E-state index is 0.158. The lowest BCUT2D eigenvalue weighted by Gasteiger charge is -2.18. The molecule has 1 heterocycles. The van der Waals surface area contributed by atoms with Crippen molar-refractivity contribution in [1.29, 1.82) is 0 Å². The monoisotopic (exact) mass is 272 g/mol. The lowest BCUT2D eigenvalue weighted by Crippen LogP contribution is -2.26. The largest absolute Gasteiger partial charge is 0.380 e. The van der Waals surface area contributed by atoms with Gasteiger partial charge in [-0.1, -0.05) is 6.92 Å². The van der Waals surface area contributed by atoms with E-state index in [-0.39, 0.29) is 6.04 Å². The summed E-state index contributed by atoms with van der Waals surface area (Å²) in [6.07, 6.45) is 1.80. The first-order chi connectivity index (χ1) is 7.29. The molecule has 0 fully saturated rings. The third kappa shape index (κ3) is 3.89. The second-order valence-corrected chi connectivity index (χ2v) is 3.99. The summed E-state index contributed by atoms with van der Waals surface area (Å²) >= 11 is 3.50. The summed E-state index contributed by atoms with van der Waals surface area (Å²) in [5.74, 6) is 0. The predicted molar refractivity (Wildman–Crippen MR) is 64.8 cm³/mol. The van der Waals surface area contributed by atoms with Crippen molar-refractivity contribution in [3.05, 3.63) is 28.5 Å². The normalized spacial score (nSPS) is 12.7. The number of rotatable bonds is 6. The predicted octanol–water partition coefficient (Wildman–Crippen LogP) is 2.53. The summed E-state index contributed by atoms with van der Waals surface area (Å²) in [4.78, 5) is 4.36. The average molecular weight is 273 g/mol. The maximum Gasteiger partial charge on any atom is 0.0744 e. The molecule has 1 aromatic rings. The third-order valence-corrected chi connectivity index (χ3v) is 2.73. The topological polar surface area (TPSA) is 34.1 Å². The summed E-state index contributed by atoms with van der Waals surface area (Å²) in [6, 6.07) is 4.07. The van der Waals surface area contributed by atoms with Crippen molar-refractivity contribution >= 4 is 15.9 Å². The van der Waals surface area contributed by atoms with Gasteiger partial charge in [0.1, 0.15) is 0 Å². The molecule has 1 rings (SSSR count). The maximum absolute atomic E-state index is 5.43. The van der Waals surface area contributed by atoms with Gasteiger partial charge in [-0.15, -0.1) is 0 Å². The van der Waals surface area contributed by atoms with Gasteiger partial charge in [-0.05, 0) is 41.5 Å². The molecule has 3 nitrogen and oxygen atoms in total. The van der Waals surface area contributed by atoms with Crippen molar-refractivity contribution in [2.45, 2.75) is 19.9 Å². The Kier molecular flexibility index (Phi) is 5.83. The van der Waals surface area contributed by atoms with Crippen LogP contribution in [0.4, 0.5) is 0 Å². The van der Waals surface area contributed by atoms with Crippen molar-refractivity contribution in [1.82, 2.24) is 10.3 Å². The molecule has 0 amide bonds. The van der Waals surface area contributed by atoms with Crippen LogP contribution in [0.15, 0.2) is 22.8 Å². The third-order valence-electron chi connectivity index (χ3n) is 2.06. The van der Waals surface area contributed by atoms with Gasteiger partial charge in [0.2, 0.25) is 0 Å². The van der Waals surface area contributed by atoms with Crippen LogP contribution in [-0.4, -0.2) is 24.7 Å². The van der Waals surface area contributed by atoms with Crippen LogP contribution in [0.5, 0.6) is 0 Å². The van der Waals surface area contributed by atoms with Crippen molar-refractivity contribution in [3.8, 4) is 0 Å². The van der Waals surface area contributed by atoms with Gasteiger partial charge in [0, 0.05) is 17.3 Å². The molecule has 0 aromatic carbocycles. The molecule has 0 bridgehead atoms. The smallest absolute Gasteiger partial charge is 0.0744 e. The van der Waals surface area contributed by atoms with Crippen molar-refractivity contribution in [2.75, 3.05) is 19.8 Å². The molecule has 1 unspecified atom stereocenters. The van der Waals surface area contributed by atoms with Crippen molar-refractivity contribution in [3.63, 3.8) is 0 Å². The highest BCUT2D eigenvalue weighted by atomic mass is 79.9. The second-order valence-electron chi connectivity index (χ2n) is 3.14. The van der Waals surface area contributed by atoms with Crippen LogP contribution in [0, 0.1) is 0 Å². The molecule has 0 aliphatic heterocycles. The summed E-state index contributed by atoms with van der Waals surface area (Å²) in [5, 5.41) is 3.36. The molecule has 1 atom stereocenters. The van der Waals surface area contributed by atoms with Crippen LogP contribution < -0.4 is 5.32 Å². The van der Waals surface area contributed by atoms with Crippen molar-refractivity contribution < 1.29 is 4.74 Å². The summed E-state index contributed by atoms with van der Waals surface area (Å²) in [5.41, 5.74) is 1.01. The van der Waals surface area contributed by atoms with Gasteiger partial charge in [0.05, 0.1) is 18.3 Å². The number of nitrogens with one attached hydrogen (secondary N) is 1. The van der Waals surface area contributed by atoms with E-state index in [2.05, 4.69) is 33.2 Å². The van der Waals surface area contributed by atoms with E-state index in [1.807, 2.05) is 19.1 Å². The number of hydrogen-bond acceptors (Lipinski definition) is 3. The van der Waals surface area contributed by atoms with Gasteiger partial charge < -0.3 is 10.1 Å². The standard InChI is InChI=1S/C11H17BrN2O/c1-3-13-10(8-15-4-2)11-9(12)6-5-7-14-11/h5-7,10,13H,3-4,8H2,1-2H3.